The lowest BCUT2D eigenvalue weighted by Gasteiger charge is -2.21. The molecule has 4 N–H and O–H groups in total. The lowest BCUT2D eigenvalue weighted by atomic mass is 9.92. The van der Waals surface area contributed by atoms with E-state index in [2.05, 4.69) is 10.6 Å². The Labute approximate surface area is 236 Å². The fraction of sp³-hybridized carbons (Fsp3) is 0.167. The van der Waals surface area contributed by atoms with Gasteiger partial charge in [-0.25, -0.2) is 0 Å². The molecule has 0 saturated heterocycles. The van der Waals surface area contributed by atoms with E-state index in [-0.39, 0.29) is 12.3 Å². The monoisotopic (exact) mass is 590 g/mol. The molecule has 0 aromatic heterocycles. The number of carbonyl (C=O) groups is 1. The molecular weight excluding hydrogens is 566 g/mol. The third kappa shape index (κ3) is 6.88. The number of amides is 1. The van der Waals surface area contributed by atoms with Crippen LogP contribution in [0.2, 0.25) is 0 Å². The van der Waals surface area contributed by atoms with Crippen molar-refractivity contribution in [1.29, 1.82) is 0 Å². The zero-order chi connectivity index (χ0) is 30.8. The largest absolute Gasteiger partial charge is 0.506 e. The fourth-order valence-electron chi connectivity index (χ4n) is 4.06. The van der Waals surface area contributed by atoms with Gasteiger partial charge >= 0.3 is 12.4 Å². The van der Waals surface area contributed by atoms with Crippen LogP contribution in [0.5, 0.6) is 17.2 Å². The van der Waals surface area contributed by atoms with Crippen LogP contribution in [-0.2, 0) is 12.4 Å². The van der Waals surface area contributed by atoms with Crippen molar-refractivity contribution in [3.8, 4) is 28.4 Å². The van der Waals surface area contributed by atoms with Gasteiger partial charge in [0.2, 0.25) is 0 Å². The molecule has 4 aromatic rings. The Hall–Kier alpha value is -4.87. The highest BCUT2D eigenvalue weighted by atomic mass is 19.4. The molecule has 4 aromatic carbocycles. The van der Waals surface area contributed by atoms with E-state index in [1.54, 1.807) is 43.3 Å². The van der Waals surface area contributed by atoms with Crippen LogP contribution in [0, 0.1) is 13.8 Å². The Balaban J connectivity index is 1.72. The Kier molecular flexibility index (Phi) is 8.28. The molecule has 0 unspecified atom stereocenters. The summed E-state index contributed by atoms with van der Waals surface area (Å²) in [6.07, 6.45) is -10.4. The number of aryl methyl sites for hydroxylation is 2. The molecule has 0 atom stereocenters. The van der Waals surface area contributed by atoms with Gasteiger partial charge in [0.1, 0.15) is 17.2 Å². The van der Waals surface area contributed by atoms with Gasteiger partial charge in [0.05, 0.1) is 22.5 Å². The molecule has 0 aliphatic carbocycles. The van der Waals surface area contributed by atoms with Gasteiger partial charge in [-0.3, -0.25) is 4.79 Å². The van der Waals surface area contributed by atoms with Crippen molar-refractivity contribution in [2.45, 2.75) is 26.2 Å². The van der Waals surface area contributed by atoms with Crippen LogP contribution >= 0.6 is 0 Å². The first-order valence-electron chi connectivity index (χ1n) is 12.3. The molecule has 0 spiro atoms. The number of aromatic hydroxyl groups is 2. The summed E-state index contributed by atoms with van der Waals surface area (Å²) in [6.45, 7) is 3.24. The normalized spacial score (nSPS) is 11.7. The first kappa shape index (κ1) is 30.1. The summed E-state index contributed by atoms with van der Waals surface area (Å²) in [5, 5.41) is 25.6. The predicted molar refractivity (Wildman–Crippen MR) is 145 cm³/mol. The number of ether oxygens (including phenoxy) is 1. The summed E-state index contributed by atoms with van der Waals surface area (Å²) in [7, 11) is 0. The van der Waals surface area contributed by atoms with Crippen LogP contribution < -0.4 is 15.4 Å². The van der Waals surface area contributed by atoms with Crippen LogP contribution in [0.4, 0.5) is 37.7 Å². The summed E-state index contributed by atoms with van der Waals surface area (Å²) in [5.74, 6) is -2.17. The van der Waals surface area contributed by atoms with E-state index in [4.69, 9.17) is 4.74 Å². The van der Waals surface area contributed by atoms with Gasteiger partial charge in [-0.1, -0.05) is 35.4 Å². The number of benzene rings is 4. The second kappa shape index (κ2) is 11.6. The fourth-order valence-corrected chi connectivity index (χ4v) is 4.06. The second-order valence-corrected chi connectivity index (χ2v) is 9.42. The van der Waals surface area contributed by atoms with Crippen LogP contribution in [0.1, 0.15) is 32.6 Å². The van der Waals surface area contributed by atoms with E-state index in [0.29, 0.717) is 30.0 Å². The SMILES string of the molecule is Cc1ccc(OCNc2cc(C(F)(F)F)c(-c3cc(O)c(NC(=O)c4ccc(C)cc4)cc3C(F)(F)F)cc2O)cc1. The quantitative estimate of drug-likeness (QED) is 0.0992. The average Bonchev–Trinajstić information content (AvgIpc) is 2.90. The van der Waals surface area contributed by atoms with Gasteiger partial charge in [0.25, 0.3) is 5.91 Å². The molecule has 0 saturated carbocycles. The smallest absolute Gasteiger partial charge is 0.417 e. The molecule has 0 fully saturated rings. The lowest BCUT2D eigenvalue weighted by Crippen LogP contribution is -2.15. The molecule has 0 radical (unpaired) electrons. The molecule has 1 amide bonds. The molecular formula is C30H24F6N2O4. The number of nitrogens with one attached hydrogen (secondary N) is 2. The summed E-state index contributed by atoms with van der Waals surface area (Å²) < 4.78 is 90.2. The Morgan fingerprint density at radius 1 is 0.714 bits per heavy atom. The third-order valence-corrected chi connectivity index (χ3v) is 6.26. The molecule has 4 rings (SSSR count). The van der Waals surface area contributed by atoms with Gasteiger partial charge < -0.3 is 25.6 Å². The van der Waals surface area contributed by atoms with Crippen LogP contribution in [0.25, 0.3) is 11.1 Å². The number of rotatable bonds is 7. The number of anilines is 2. The van der Waals surface area contributed by atoms with Gasteiger partial charge in [-0.2, -0.15) is 26.3 Å². The molecule has 6 nitrogen and oxygen atoms in total. The summed E-state index contributed by atoms with van der Waals surface area (Å²) in [5.41, 5.74) is -4.45. The van der Waals surface area contributed by atoms with E-state index < -0.39 is 63.4 Å². The van der Waals surface area contributed by atoms with Crippen molar-refractivity contribution >= 4 is 17.3 Å². The molecule has 12 heteroatoms. The number of carbonyl (C=O) groups excluding carboxylic acids is 1. The molecule has 0 aliphatic rings. The van der Waals surface area contributed by atoms with Crippen molar-refractivity contribution in [3.05, 3.63) is 101 Å². The highest BCUT2D eigenvalue weighted by Crippen LogP contribution is 2.48. The van der Waals surface area contributed by atoms with E-state index in [1.807, 2.05) is 6.92 Å². The lowest BCUT2D eigenvalue weighted by molar-refractivity contribution is -0.139. The van der Waals surface area contributed by atoms with Gasteiger partial charge in [-0.05, 0) is 73.5 Å². The third-order valence-electron chi connectivity index (χ3n) is 6.26. The summed E-state index contributed by atoms with van der Waals surface area (Å²) in [6, 6.07) is 14.5. The maximum Gasteiger partial charge on any atom is 0.417 e. The first-order valence-corrected chi connectivity index (χ1v) is 12.3. The number of hydrogen-bond acceptors (Lipinski definition) is 5. The van der Waals surface area contributed by atoms with Crippen LogP contribution in [-0.4, -0.2) is 22.9 Å². The number of phenolic OH excluding ortho intramolecular Hbond substituents is 2. The van der Waals surface area contributed by atoms with Crippen molar-refractivity contribution in [2.24, 2.45) is 0 Å². The molecule has 220 valence electrons. The molecule has 0 heterocycles. The Morgan fingerprint density at radius 2 is 1.17 bits per heavy atom. The Morgan fingerprint density at radius 3 is 1.67 bits per heavy atom. The topological polar surface area (TPSA) is 90.8 Å². The van der Waals surface area contributed by atoms with Crippen molar-refractivity contribution < 1.29 is 46.1 Å². The zero-order valence-corrected chi connectivity index (χ0v) is 22.1. The zero-order valence-electron chi connectivity index (χ0n) is 22.1. The van der Waals surface area contributed by atoms with Crippen molar-refractivity contribution in [3.63, 3.8) is 0 Å². The molecule has 42 heavy (non-hydrogen) atoms. The number of hydrogen-bond donors (Lipinski definition) is 4. The van der Waals surface area contributed by atoms with E-state index in [0.717, 1.165) is 11.1 Å². The maximum absolute atomic E-state index is 14.1. The average molecular weight is 591 g/mol. The van der Waals surface area contributed by atoms with E-state index >= 15 is 0 Å². The van der Waals surface area contributed by atoms with Gasteiger partial charge in [0.15, 0.2) is 6.73 Å². The van der Waals surface area contributed by atoms with E-state index in [1.165, 1.54) is 12.1 Å². The molecule has 0 bridgehead atoms. The van der Waals surface area contributed by atoms with Crippen molar-refractivity contribution in [1.82, 2.24) is 0 Å². The summed E-state index contributed by atoms with van der Waals surface area (Å²) in [4.78, 5) is 12.6. The van der Waals surface area contributed by atoms with Gasteiger partial charge in [-0.15, -0.1) is 0 Å². The summed E-state index contributed by atoms with van der Waals surface area (Å²) >= 11 is 0. The van der Waals surface area contributed by atoms with Gasteiger partial charge in [0, 0.05) is 5.56 Å². The number of alkyl halides is 6. The standard InChI is InChI=1S/C30H24F6N2O4/c1-16-3-7-18(8-4-16)28(41)38-25-14-23(30(34,35)36)21(12-27(25)40)20-11-26(39)24(13-22(20)29(31,32)33)37-15-42-19-9-5-17(2)6-10-19/h3-14,37,39-40H,15H2,1-2H3,(H,38,41). The highest BCUT2D eigenvalue weighted by Gasteiger charge is 2.40. The second-order valence-electron chi connectivity index (χ2n) is 9.42. The number of phenols is 2. The van der Waals surface area contributed by atoms with Crippen LogP contribution in [0.3, 0.4) is 0 Å². The first-order chi connectivity index (χ1) is 19.6. The minimum absolute atomic E-state index is 0.0800. The minimum atomic E-state index is -5.20. The predicted octanol–water partition coefficient (Wildman–Crippen LogP) is 8.12. The maximum atomic E-state index is 14.1. The minimum Gasteiger partial charge on any atom is -0.506 e. The molecule has 0 aliphatic heterocycles. The number of halogens is 6. The Bertz CT molecular complexity index is 1600. The highest BCUT2D eigenvalue weighted by molar-refractivity contribution is 6.05. The van der Waals surface area contributed by atoms with Crippen molar-refractivity contribution in [2.75, 3.05) is 17.4 Å². The van der Waals surface area contributed by atoms with Crippen LogP contribution in [0.15, 0.2) is 72.8 Å². The van der Waals surface area contributed by atoms with E-state index in [9.17, 15) is 41.4 Å².